The first-order chi connectivity index (χ1) is 13.4. The summed E-state index contributed by atoms with van der Waals surface area (Å²) < 4.78 is 0. The zero-order valence-corrected chi connectivity index (χ0v) is 19.8. The van der Waals surface area contributed by atoms with Crippen molar-refractivity contribution in [2.45, 2.75) is 40.3 Å². The van der Waals surface area contributed by atoms with Crippen molar-refractivity contribution < 1.29 is 4.79 Å². The topological polar surface area (TPSA) is 61.4 Å². The molecule has 0 atom stereocenters. The maximum Gasteiger partial charge on any atom is 0.225 e. The molecule has 1 saturated heterocycles. The average Bonchev–Trinajstić information content (AvgIpc) is 2.72. The molecule has 1 fully saturated rings. The zero-order chi connectivity index (χ0) is 20.1. The SMILES string of the molecule is CC(C)C(=O)NCc1ccc(-c2cnc(N3CCN(C(C)C)CC3)nc2)cc1.Cl.Cl. The fourth-order valence-corrected chi connectivity index (χ4v) is 3.28. The predicted molar refractivity (Wildman–Crippen MR) is 128 cm³/mol. The molecule has 0 unspecified atom stereocenters. The van der Waals surface area contributed by atoms with Crippen molar-refractivity contribution in [1.29, 1.82) is 0 Å². The van der Waals surface area contributed by atoms with E-state index in [2.05, 4.69) is 51.1 Å². The molecule has 1 N–H and O–H groups in total. The highest BCUT2D eigenvalue weighted by Gasteiger charge is 2.20. The largest absolute Gasteiger partial charge is 0.352 e. The van der Waals surface area contributed by atoms with Crippen LogP contribution in [0.3, 0.4) is 0 Å². The Bertz CT molecular complexity index is 773. The number of aromatic nitrogens is 2. The fourth-order valence-electron chi connectivity index (χ4n) is 3.28. The van der Waals surface area contributed by atoms with Crippen LogP contribution in [0.5, 0.6) is 0 Å². The molecule has 0 saturated carbocycles. The Kier molecular flexibility index (Phi) is 10.5. The molecule has 0 bridgehead atoms. The number of amides is 1. The molecule has 30 heavy (non-hydrogen) atoms. The summed E-state index contributed by atoms with van der Waals surface area (Å²) in [5.41, 5.74) is 3.16. The van der Waals surface area contributed by atoms with Gasteiger partial charge in [0.2, 0.25) is 11.9 Å². The van der Waals surface area contributed by atoms with E-state index in [4.69, 9.17) is 0 Å². The predicted octanol–water partition coefficient (Wildman–Crippen LogP) is 3.79. The molecule has 2 aromatic rings. The molecular formula is C22H33Cl2N5O. The standard InChI is InChI=1S/C22H31N5O.2ClH/c1-16(2)21(28)23-13-18-5-7-19(8-6-18)20-14-24-22(25-15-20)27-11-9-26(10-12-27)17(3)4;;/h5-8,14-17H,9-13H2,1-4H3,(H,23,28);2*1H. The first kappa shape index (κ1) is 26.1. The van der Waals surface area contributed by atoms with Crippen molar-refractivity contribution in [3.05, 3.63) is 42.2 Å². The van der Waals surface area contributed by atoms with Crippen LogP contribution in [0.15, 0.2) is 36.7 Å². The molecule has 1 aliphatic rings. The van der Waals surface area contributed by atoms with Crippen molar-refractivity contribution in [1.82, 2.24) is 20.2 Å². The third-order valence-electron chi connectivity index (χ3n) is 5.24. The fraction of sp³-hybridized carbons (Fsp3) is 0.500. The molecule has 0 spiro atoms. The highest BCUT2D eigenvalue weighted by atomic mass is 35.5. The summed E-state index contributed by atoms with van der Waals surface area (Å²) in [5.74, 6) is 0.880. The maximum absolute atomic E-state index is 11.7. The van der Waals surface area contributed by atoms with Gasteiger partial charge in [0.05, 0.1) is 0 Å². The number of nitrogens with one attached hydrogen (secondary N) is 1. The minimum absolute atomic E-state index is 0. The van der Waals surface area contributed by atoms with Gasteiger partial charge in [-0.2, -0.15) is 0 Å². The number of anilines is 1. The number of hydrogen-bond donors (Lipinski definition) is 1. The Hall–Kier alpha value is -1.89. The lowest BCUT2D eigenvalue weighted by molar-refractivity contribution is -0.124. The van der Waals surface area contributed by atoms with E-state index in [0.29, 0.717) is 12.6 Å². The molecule has 1 aromatic heterocycles. The lowest BCUT2D eigenvalue weighted by Crippen LogP contribution is -2.49. The van der Waals surface area contributed by atoms with E-state index < -0.39 is 0 Å². The molecular weight excluding hydrogens is 421 g/mol. The lowest BCUT2D eigenvalue weighted by Gasteiger charge is -2.36. The van der Waals surface area contributed by atoms with E-state index in [1.54, 1.807) is 0 Å². The van der Waals surface area contributed by atoms with Gasteiger partial charge in [-0.25, -0.2) is 9.97 Å². The average molecular weight is 454 g/mol. The molecule has 0 aliphatic carbocycles. The van der Waals surface area contributed by atoms with Crippen molar-refractivity contribution in [3.8, 4) is 11.1 Å². The second-order valence-corrected chi connectivity index (χ2v) is 7.96. The van der Waals surface area contributed by atoms with E-state index >= 15 is 0 Å². The van der Waals surface area contributed by atoms with E-state index in [9.17, 15) is 4.79 Å². The Balaban J connectivity index is 0.00000225. The summed E-state index contributed by atoms with van der Waals surface area (Å²) >= 11 is 0. The van der Waals surface area contributed by atoms with Crippen LogP contribution in [0.25, 0.3) is 11.1 Å². The van der Waals surface area contributed by atoms with Crippen LogP contribution in [-0.4, -0.2) is 53.0 Å². The number of halogens is 2. The first-order valence-electron chi connectivity index (χ1n) is 10.1. The van der Waals surface area contributed by atoms with E-state index in [1.165, 1.54) is 0 Å². The minimum Gasteiger partial charge on any atom is -0.352 e. The van der Waals surface area contributed by atoms with Crippen LogP contribution >= 0.6 is 24.8 Å². The molecule has 1 aromatic carbocycles. The van der Waals surface area contributed by atoms with E-state index in [1.807, 2.05) is 38.4 Å². The van der Waals surface area contributed by atoms with Gasteiger partial charge in [-0.15, -0.1) is 24.8 Å². The van der Waals surface area contributed by atoms with Gasteiger partial charge >= 0.3 is 0 Å². The number of piperazine rings is 1. The van der Waals surface area contributed by atoms with E-state index in [-0.39, 0.29) is 36.6 Å². The highest BCUT2D eigenvalue weighted by Crippen LogP contribution is 2.20. The van der Waals surface area contributed by atoms with Crippen LogP contribution in [-0.2, 0) is 11.3 Å². The van der Waals surface area contributed by atoms with E-state index in [0.717, 1.165) is 48.8 Å². The van der Waals surface area contributed by atoms with Gasteiger partial charge in [-0.1, -0.05) is 38.1 Å². The molecule has 3 rings (SSSR count). The van der Waals surface area contributed by atoms with Crippen LogP contribution < -0.4 is 10.2 Å². The monoisotopic (exact) mass is 453 g/mol. The second-order valence-electron chi connectivity index (χ2n) is 7.96. The van der Waals surface area contributed by atoms with Crippen LogP contribution in [0.1, 0.15) is 33.3 Å². The molecule has 2 heterocycles. The normalized spacial score (nSPS) is 14.3. The number of benzene rings is 1. The molecule has 1 amide bonds. The van der Waals surface area contributed by atoms with Gasteiger partial charge in [0.15, 0.2) is 0 Å². The number of carbonyl (C=O) groups is 1. The van der Waals surface area contributed by atoms with Crippen molar-refractivity contribution in [2.75, 3.05) is 31.1 Å². The smallest absolute Gasteiger partial charge is 0.225 e. The molecule has 8 heteroatoms. The molecule has 6 nitrogen and oxygen atoms in total. The van der Waals surface area contributed by atoms with Gasteiger partial charge in [0, 0.05) is 62.6 Å². The van der Waals surface area contributed by atoms with Gasteiger partial charge in [-0.05, 0) is 25.0 Å². The third-order valence-corrected chi connectivity index (χ3v) is 5.24. The summed E-state index contributed by atoms with van der Waals surface area (Å²) in [5, 5.41) is 2.94. The van der Waals surface area contributed by atoms with Gasteiger partial charge in [-0.3, -0.25) is 9.69 Å². The van der Waals surface area contributed by atoms with Crippen LogP contribution in [0.4, 0.5) is 5.95 Å². The highest BCUT2D eigenvalue weighted by molar-refractivity contribution is 5.85. The van der Waals surface area contributed by atoms with Crippen molar-refractivity contribution in [2.24, 2.45) is 5.92 Å². The Labute approximate surface area is 192 Å². The van der Waals surface area contributed by atoms with Gasteiger partial charge in [0.1, 0.15) is 0 Å². The Morgan fingerprint density at radius 1 is 0.933 bits per heavy atom. The number of rotatable bonds is 6. The van der Waals surface area contributed by atoms with Crippen molar-refractivity contribution >= 4 is 36.7 Å². The summed E-state index contributed by atoms with van der Waals surface area (Å²) in [6.07, 6.45) is 3.79. The molecule has 0 radical (unpaired) electrons. The Morgan fingerprint density at radius 3 is 2.00 bits per heavy atom. The first-order valence-corrected chi connectivity index (χ1v) is 10.1. The second kappa shape index (κ2) is 12.1. The number of carbonyl (C=O) groups excluding carboxylic acids is 1. The summed E-state index contributed by atoms with van der Waals surface area (Å²) in [6, 6.07) is 8.77. The van der Waals surface area contributed by atoms with Gasteiger partial charge in [0.25, 0.3) is 0 Å². The lowest BCUT2D eigenvalue weighted by atomic mass is 10.1. The van der Waals surface area contributed by atoms with Crippen molar-refractivity contribution in [3.63, 3.8) is 0 Å². The quantitative estimate of drug-likeness (QED) is 0.720. The molecule has 1 aliphatic heterocycles. The third kappa shape index (κ3) is 6.83. The minimum atomic E-state index is 0. The Morgan fingerprint density at radius 2 is 1.50 bits per heavy atom. The van der Waals surface area contributed by atoms with Gasteiger partial charge < -0.3 is 10.2 Å². The number of nitrogens with zero attached hydrogens (tertiary/aromatic N) is 4. The van der Waals surface area contributed by atoms with Crippen LogP contribution in [0, 0.1) is 5.92 Å². The maximum atomic E-state index is 11.7. The summed E-state index contributed by atoms with van der Waals surface area (Å²) in [7, 11) is 0. The zero-order valence-electron chi connectivity index (χ0n) is 18.2. The summed E-state index contributed by atoms with van der Waals surface area (Å²) in [6.45, 7) is 12.9. The number of hydrogen-bond acceptors (Lipinski definition) is 5. The van der Waals surface area contributed by atoms with Crippen LogP contribution in [0.2, 0.25) is 0 Å². The molecule has 166 valence electrons. The summed E-state index contributed by atoms with van der Waals surface area (Å²) in [4.78, 5) is 25.6.